The van der Waals surface area contributed by atoms with Crippen LogP contribution in [0.3, 0.4) is 0 Å². The van der Waals surface area contributed by atoms with E-state index in [0.29, 0.717) is 18.7 Å². The molecule has 1 amide bonds. The normalized spacial score (nSPS) is 22.0. The third kappa shape index (κ3) is 3.46. The van der Waals surface area contributed by atoms with Crippen LogP contribution in [0.4, 0.5) is 4.39 Å². The Morgan fingerprint density at radius 3 is 2.86 bits per heavy atom. The lowest BCUT2D eigenvalue weighted by Gasteiger charge is -2.30. The first-order valence-electron chi connectivity index (χ1n) is 6.80. The van der Waals surface area contributed by atoms with Crippen LogP contribution in [0, 0.1) is 5.82 Å². The SMILES string of the molecule is O=C(NC1CCOC(c2ccc(F)cc2)C1)c1ccsn1. The zero-order valence-electron chi connectivity index (χ0n) is 11.3. The van der Waals surface area contributed by atoms with Crippen LogP contribution in [0.25, 0.3) is 0 Å². The van der Waals surface area contributed by atoms with Crippen molar-refractivity contribution in [3.63, 3.8) is 0 Å². The first-order chi connectivity index (χ1) is 10.2. The molecule has 2 aromatic rings. The van der Waals surface area contributed by atoms with Crippen molar-refractivity contribution in [1.82, 2.24) is 9.69 Å². The summed E-state index contributed by atoms with van der Waals surface area (Å²) in [5.74, 6) is -0.413. The molecular formula is C15H15FN2O2S. The van der Waals surface area contributed by atoms with Crippen LogP contribution in [-0.2, 0) is 4.74 Å². The lowest BCUT2D eigenvalue weighted by atomic mass is 9.97. The number of rotatable bonds is 3. The van der Waals surface area contributed by atoms with Crippen molar-refractivity contribution < 1.29 is 13.9 Å². The van der Waals surface area contributed by atoms with E-state index in [0.717, 1.165) is 12.0 Å². The average Bonchev–Trinajstić information content (AvgIpc) is 3.02. The van der Waals surface area contributed by atoms with E-state index in [1.165, 1.54) is 23.7 Å². The fourth-order valence-electron chi connectivity index (χ4n) is 2.43. The van der Waals surface area contributed by atoms with E-state index in [1.54, 1.807) is 23.6 Å². The molecule has 1 aromatic carbocycles. The number of halogens is 1. The summed E-state index contributed by atoms with van der Waals surface area (Å²) in [6, 6.07) is 8.06. The first kappa shape index (κ1) is 14.2. The average molecular weight is 306 g/mol. The van der Waals surface area contributed by atoms with E-state index in [-0.39, 0.29) is 23.9 Å². The van der Waals surface area contributed by atoms with Gasteiger partial charge in [0, 0.05) is 18.0 Å². The minimum atomic E-state index is -0.261. The summed E-state index contributed by atoms with van der Waals surface area (Å²) < 4.78 is 22.7. The van der Waals surface area contributed by atoms with Gasteiger partial charge in [-0.25, -0.2) is 4.39 Å². The van der Waals surface area contributed by atoms with Crippen molar-refractivity contribution in [3.8, 4) is 0 Å². The van der Waals surface area contributed by atoms with Crippen LogP contribution < -0.4 is 5.32 Å². The van der Waals surface area contributed by atoms with Crippen LogP contribution in [0.1, 0.15) is 35.0 Å². The highest BCUT2D eigenvalue weighted by Crippen LogP contribution is 2.28. The van der Waals surface area contributed by atoms with Gasteiger partial charge in [-0.3, -0.25) is 4.79 Å². The lowest BCUT2D eigenvalue weighted by Crippen LogP contribution is -2.39. The zero-order valence-corrected chi connectivity index (χ0v) is 12.1. The number of carbonyl (C=O) groups is 1. The number of aromatic nitrogens is 1. The molecule has 0 spiro atoms. The van der Waals surface area contributed by atoms with Gasteiger partial charge in [-0.1, -0.05) is 12.1 Å². The van der Waals surface area contributed by atoms with Crippen molar-refractivity contribution in [2.75, 3.05) is 6.61 Å². The van der Waals surface area contributed by atoms with E-state index in [2.05, 4.69) is 9.69 Å². The molecule has 1 saturated heterocycles. The van der Waals surface area contributed by atoms with Gasteiger partial charge >= 0.3 is 0 Å². The Morgan fingerprint density at radius 2 is 2.14 bits per heavy atom. The van der Waals surface area contributed by atoms with Gasteiger partial charge in [0.25, 0.3) is 5.91 Å². The van der Waals surface area contributed by atoms with Crippen LogP contribution in [-0.4, -0.2) is 22.9 Å². The third-order valence-electron chi connectivity index (χ3n) is 3.53. The molecule has 0 bridgehead atoms. The molecule has 2 atom stereocenters. The Kier molecular flexibility index (Phi) is 4.26. The molecule has 4 nitrogen and oxygen atoms in total. The van der Waals surface area contributed by atoms with Crippen molar-refractivity contribution >= 4 is 17.4 Å². The Balaban J connectivity index is 1.63. The predicted molar refractivity (Wildman–Crippen MR) is 77.7 cm³/mol. The summed E-state index contributed by atoms with van der Waals surface area (Å²) in [5.41, 5.74) is 1.38. The van der Waals surface area contributed by atoms with E-state index in [9.17, 15) is 9.18 Å². The Hall–Kier alpha value is -1.79. The second-order valence-electron chi connectivity index (χ2n) is 4.99. The molecule has 1 N–H and O–H groups in total. The molecule has 1 fully saturated rings. The summed E-state index contributed by atoms with van der Waals surface area (Å²) in [7, 11) is 0. The van der Waals surface area contributed by atoms with Crippen molar-refractivity contribution in [2.45, 2.75) is 25.0 Å². The molecule has 2 unspecified atom stereocenters. The van der Waals surface area contributed by atoms with Gasteiger partial charge in [0.2, 0.25) is 0 Å². The number of benzene rings is 1. The summed E-state index contributed by atoms with van der Waals surface area (Å²) in [6.45, 7) is 0.573. The molecule has 1 aliphatic rings. The number of carbonyl (C=O) groups excluding carboxylic acids is 1. The molecule has 6 heteroatoms. The molecule has 0 saturated carbocycles. The zero-order chi connectivity index (χ0) is 14.7. The quantitative estimate of drug-likeness (QED) is 0.948. The first-order valence-corrected chi connectivity index (χ1v) is 7.64. The Bertz CT molecular complexity index is 601. The Labute approximate surface area is 126 Å². The lowest BCUT2D eigenvalue weighted by molar-refractivity contribution is 0.000846. The number of nitrogens with one attached hydrogen (secondary N) is 1. The van der Waals surface area contributed by atoms with Crippen LogP contribution in [0.5, 0.6) is 0 Å². The van der Waals surface area contributed by atoms with E-state index < -0.39 is 0 Å². The fourth-order valence-corrected chi connectivity index (χ4v) is 2.93. The molecule has 1 aliphatic heterocycles. The van der Waals surface area contributed by atoms with Crippen LogP contribution >= 0.6 is 11.5 Å². The van der Waals surface area contributed by atoms with Crippen molar-refractivity contribution in [2.24, 2.45) is 0 Å². The van der Waals surface area contributed by atoms with Crippen molar-refractivity contribution in [3.05, 3.63) is 52.8 Å². The minimum absolute atomic E-state index is 0.0444. The fraction of sp³-hybridized carbons (Fsp3) is 0.333. The number of hydrogen-bond acceptors (Lipinski definition) is 4. The summed E-state index contributed by atoms with van der Waals surface area (Å²) >= 11 is 1.26. The minimum Gasteiger partial charge on any atom is -0.373 e. The molecule has 2 heterocycles. The van der Waals surface area contributed by atoms with Crippen LogP contribution in [0.15, 0.2) is 35.7 Å². The molecule has 110 valence electrons. The monoisotopic (exact) mass is 306 g/mol. The highest BCUT2D eigenvalue weighted by molar-refractivity contribution is 7.03. The topological polar surface area (TPSA) is 51.2 Å². The number of hydrogen-bond donors (Lipinski definition) is 1. The molecule has 0 radical (unpaired) electrons. The van der Waals surface area contributed by atoms with Gasteiger partial charge in [-0.2, -0.15) is 4.37 Å². The van der Waals surface area contributed by atoms with Crippen molar-refractivity contribution in [1.29, 1.82) is 0 Å². The molecule has 21 heavy (non-hydrogen) atoms. The summed E-state index contributed by atoms with van der Waals surface area (Å²) in [6.07, 6.45) is 1.34. The highest BCUT2D eigenvalue weighted by Gasteiger charge is 2.25. The molecule has 0 aliphatic carbocycles. The highest BCUT2D eigenvalue weighted by atomic mass is 32.1. The second kappa shape index (κ2) is 6.32. The Morgan fingerprint density at radius 1 is 1.33 bits per heavy atom. The number of nitrogens with zero attached hydrogens (tertiary/aromatic N) is 1. The third-order valence-corrected chi connectivity index (χ3v) is 4.09. The largest absolute Gasteiger partial charge is 0.373 e. The van der Waals surface area contributed by atoms with Gasteiger partial charge in [0.15, 0.2) is 0 Å². The van der Waals surface area contributed by atoms with Gasteiger partial charge < -0.3 is 10.1 Å². The van der Waals surface area contributed by atoms with Gasteiger partial charge in [-0.15, -0.1) is 0 Å². The number of ether oxygens (including phenoxy) is 1. The van der Waals surface area contributed by atoms with Gasteiger partial charge in [0.05, 0.1) is 6.10 Å². The maximum atomic E-state index is 13.0. The van der Waals surface area contributed by atoms with E-state index in [4.69, 9.17) is 4.74 Å². The molecular weight excluding hydrogens is 291 g/mol. The van der Waals surface area contributed by atoms with E-state index in [1.807, 2.05) is 0 Å². The van der Waals surface area contributed by atoms with Crippen LogP contribution in [0.2, 0.25) is 0 Å². The maximum absolute atomic E-state index is 13.0. The van der Waals surface area contributed by atoms with Gasteiger partial charge in [-0.05, 0) is 48.1 Å². The summed E-state index contributed by atoms with van der Waals surface area (Å²) in [4.78, 5) is 12.0. The smallest absolute Gasteiger partial charge is 0.271 e. The standard InChI is InChI=1S/C15H15FN2O2S/c16-11-3-1-10(2-4-11)14-9-12(5-7-20-14)17-15(19)13-6-8-21-18-13/h1-4,6,8,12,14H,5,7,9H2,(H,17,19). The summed E-state index contributed by atoms with van der Waals surface area (Å²) in [5, 5.41) is 4.76. The predicted octanol–water partition coefficient (Wildman–Crippen LogP) is 2.93. The van der Waals surface area contributed by atoms with Gasteiger partial charge in [0.1, 0.15) is 11.5 Å². The number of amides is 1. The molecule has 3 rings (SSSR count). The molecule has 1 aromatic heterocycles. The maximum Gasteiger partial charge on any atom is 0.271 e. The van der Waals surface area contributed by atoms with E-state index >= 15 is 0 Å². The second-order valence-corrected chi connectivity index (χ2v) is 5.66.